The fourth-order valence-electron chi connectivity index (χ4n) is 3.80. The second-order valence-electron chi connectivity index (χ2n) is 7.88. The Kier molecular flexibility index (Phi) is 7.04. The van der Waals surface area contributed by atoms with Crippen LogP contribution in [0.4, 0.5) is 0 Å². The summed E-state index contributed by atoms with van der Waals surface area (Å²) in [6.45, 7) is 4.12. The summed E-state index contributed by atoms with van der Waals surface area (Å²) in [4.78, 5) is 10.3. The number of hydrogen-bond acceptors (Lipinski definition) is 2. The van der Waals surface area contributed by atoms with Crippen molar-refractivity contribution < 1.29 is 0 Å². The van der Waals surface area contributed by atoms with Gasteiger partial charge in [0, 0.05) is 0 Å². The SMILES string of the molecule is CC(=NC(c1ccccc1)c1ccccc1)C(C)=NC(c1ccccc1)c1ccccc1. The second kappa shape index (κ2) is 10.5. The van der Waals surface area contributed by atoms with Crippen LogP contribution in [0.15, 0.2) is 131 Å². The van der Waals surface area contributed by atoms with Crippen molar-refractivity contribution in [1.29, 1.82) is 0 Å². The van der Waals surface area contributed by atoms with E-state index in [9.17, 15) is 0 Å². The van der Waals surface area contributed by atoms with Crippen molar-refractivity contribution in [3.05, 3.63) is 144 Å². The lowest BCUT2D eigenvalue weighted by molar-refractivity contribution is 0.864. The van der Waals surface area contributed by atoms with Crippen LogP contribution >= 0.6 is 0 Å². The maximum atomic E-state index is 5.14. The predicted octanol–water partition coefficient (Wildman–Crippen LogP) is 7.49. The van der Waals surface area contributed by atoms with E-state index in [0.29, 0.717) is 0 Å². The summed E-state index contributed by atoms with van der Waals surface area (Å²) in [5.41, 5.74) is 6.59. The Balaban J connectivity index is 1.73. The third-order valence-corrected chi connectivity index (χ3v) is 5.63. The summed E-state index contributed by atoms with van der Waals surface area (Å²) in [6, 6.07) is 41.7. The van der Waals surface area contributed by atoms with Gasteiger partial charge in [-0.1, -0.05) is 121 Å². The van der Waals surface area contributed by atoms with Gasteiger partial charge in [0.25, 0.3) is 0 Å². The van der Waals surface area contributed by atoms with E-state index < -0.39 is 0 Å². The lowest BCUT2D eigenvalue weighted by atomic mass is 9.98. The molecule has 2 nitrogen and oxygen atoms in total. The van der Waals surface area contributed by atoms with Gasteiger partial charge in [-0.2, -0.15) is 0 Å². The van der Waals surface area contributed by atoms with Crippen molar-refractivity contribution in [2.24, 2.45) is 9.98 Å². The normalized spacial score (nSPS) is 12.4. The van der Waals surface area contributed by atoms with Crippen molar-refractivity contribution in [3.8, 4) is 0 Å². The maximum absolute atomic E-state index is 5.14. The average molecular weight is 417 g/mol. The van der Waals surface area contributed by atoms with Gasteiger partial charge in [0.1, 0.15) is 12.1 Å². The molecule has 0 amide bonds. The molecule has 0 N–H and O–H groups in total. The van der Waals surface area contributed by atoms with Crippen LogP contribution in [0.2, 0.25) is 0 Å². The molecule has 4 rings (SSSR count). The fraction of sp³-hybridized carbons (Fsp3) is 0.133. The van der Waals surface area contributed by atoms with Crippen LogP contribution in [-0.4, -0.2) is 11.4 Å². The molecule has 0 aliphatic heterocycles. The van der Waals surface area contributed by atoms with Crippen molar-refractivity contribution in [1.82, 2.24) is 0 Å². The molecule has 0 atom stereocenters. The summed E-state index contributed by atoms with van der Waals surface area (Å²) in [5, 5.41) is 0. The van der Waals surface area contributed by atoms with Crippen LogP contribution in [0.5, 0.6) is 0 Å². The molecule has 0 aromatic heterocycles. The zero-order valence-electron chi connectivity index (χ0n) is 18.6. The summed E-state index contributed by atoms with van der Waals surface area (Å²) in [7, 11) is 0. The number of rotatable bonds is 7. The van der Waals surface area contributed by atoms with Crippen LogP contribution in [0.1, 0.15) is 48.2 Å². The van der Waals surface area contributed by atoms with Gasteiger partial charge in [0.2, 0.25) is 0 Å². The van der Waals surface area contributed by atoms with Gasteiger partial charge < -0.3 is 0 Å². The molecule has 4 aromatic carbocycles. The van der Waals surface area contributed by atoms with Crippen molar-refractivity contribution in [2.45, 2.75) is 25.9 Å². The highest BCUT2D eigenvalue weighted by Gasteiger charge is 2.16. The highest BCUT2D eigenvalue weighted by atomic mass is 14.9. The highest BCUT2D eigenvalue weighted by Crippen LogP contribution is 2.28. The minimum absolute atomic E-state index is 0.0607. The number of nitrogens with zero attached hydrogens (tertiary/aromatic N) is 2. The predicted molar refractivity (Wildman–Crippen MR) is 136 cm³/mol. The molecule has 0 radical (unpaired) electrons. The Labute approximate surface area is 191 Å². The molecule has 0 spiro atoms. The average Bonchev–Trinajstić information content (AvgIpc) is 2.87. The van der Waals surface area contributed by atoms with Gasteiger partial charge >= 0.3 is 0 Å². The third-order valence-electron chi connectivity index (χ3n) is 5.63. The molecule has 0 aliphatic rings. The standard InChI is InChI=1S/C30H28N2/c1-23(31-29(25-15-7-3-8-16-25)26-17-9-4-10-18-26)24(2)32-30(27-19-11-5-12-20-27)28-21-13-6-14-22-28/h3-22,29-30H,1-2H3. The maximum Gasteiger partial charge on any atom is 0.100 e. The van der Waals surface area contributed by atoms with Crippen LogP contribution < -0.4 is 0 Å². The van der Waals surface area contributed by atoms with Gasteiger partial charge in [-0.15, -0.1) is 0 Å². The van der Waals surface area contributed by atoms with E-state index in [1.807, 2.05) is 24.3 Å². The molecule has 0 unspecified atom stereocenters. The first kappa shape index (κ1) is 21.5. The van der Waals surface area contributed by atoms with Crippen LogP contribution in [0.25, 0.3) is 0 Å². The van der Waals surface area contributed by atoms with Gasteiger partial charge in [-0.05, 0) is 36.1 Å². The second-order valence-corrected chi connectivity index (χ2v) is 7.88. The molecule has 4 aromatic rings. The first-order valence-corrected chi connectivity index (χ1v) is 11.0. The Morgan fingerprint density at radius 3 is 0.844 bits per heavy atom. The van der Waals surface area contributed by atoms with Crippen molar-refractivity contribution in [2.75, 3.05) is 0 Å². The van der Waals surface area contributed by atoms with Crippen molar-refractivity contribution in [3.63, 3.8) is 0 Å². The van der Waals surface area contributed by atoms with Crippen molar-refractivity contribution >= 4 is 11.4 Å². The molecule has 0 heterocycles. The van der Waals surface area contributed by atoms with Gasteiger partial charge in [-0.25, -0.2) is 0 Å². The zero-order chi connectivity index (χ0) is 22.2. The quantitative estimate of drug-likeness (QED) is 0.279. The molecule has 0 saturated heterocycles. The molecule has 2 heteroatoms. The Morgan fingerprint density at radius 2 is 0.625 bits per heavy atom. The van der Waals surface area contributed by atoms with E-state index in [1.165, 1.54) is 22.3 Å². The van der Waals surface area contributed by atoms with E-state index in [4.69, 9.17) is 9.98 Å². The van der Waals surface area contributed by atoms with E-state index in [0.717, 1.165) is 11.4 Å². The number of aliphatic imine (C=N–C) groups is 2. The molecule has 158 valence electrons. The minimum atomic E-state index is -0.0607. The highest BCUT2D eigenvalue weighted by molar-refractivity contribution is 6.40. The molecule has 32 heavy (non-hydrogen) atoms. The molecular weight excluding hydrogens is 388 g/mol. The van der Waals surface area contributed by atoms with Crippen LogP contribution in [0.3, 0.4) is 0 Å². The molecule has 0 bridgehead atoms. The molecule has 0 fully saturated rings. The summed E-state index contributed by atoms with van der Waals surface area (Å²) >= 11 is 0. The lowest BCUT2D eigenvalue weighted by Crippen LogP contribution is -2.12. The smallest absolute Gasteiger partial charge is 0.100 e. The largest absolute Gasteiger partial charge is 0.275 e. The van der Waals surface area contributed by atoms with Gasteiger partial charge in [0.05, 0.1) is 11.4 Å². The van der Waals surface area contributed by atoms with E-state index in [-0.39, 0.29) is 12.1 Å². The van der Waals surface area contributed by atoms with E-state index in [2.05, 4.69) is 111 Å². The Morgan fingerprint density at radius 1 is 0.406 bits per heavy atom. The fourth-order valence-corrected chi connectivity index (χ4v) is 3.80. The summed E-state index contributed by atoms with van der Waals surface area (Å²) in [6.07, 6.45) is 0. The van der Waals surface area contributed by atoms with Crippen LogP contribution in [-0.2, 0) is 0 Å². The topological polar surface area (TPSA) is 24.7 Å². The van der Waals surface area contributed by atoms with Gasteiger partial charge in [0.15, 0.2) is 0 Å². The lowest BCUT2D eigenvalue weighted by Gasteiger charge is -2.17. The van der Waals surface area contributed by atoms with E-state index >= 15 is 0 Å². The Bertz CT molecular complexity index is 989. The molecule has 0 saturated carbocycles. The monoisotopic (exact) mass is 416 g/mol. The summed E-state index contributed by atoms with van der Waals surface area (Å²) in [5.74, 6) is 0. The molecular formula is C30H28N2. The number of hydrogen-bond donors (Lipinski definition) is 0. The van der Waals surface area contributed by atoms with Gasteiger partial charge in [-0.3, -0.25) is 9.98 Å². The first-order chi connectivity index (χ1) is 15.7. The third kappa shape index (κ3) is 5.28. The number of benzene rings is 4. The van der Waals surface area contributed by atoms with E-state index in [1.54, 1.807) is 0 Å². The zero-order valence-corrected chi connectivity index (χ0v) is 18.6. The minimum Gasteiger partial charge on any atom is -0.275 e. The first-order valence-electron chi connectivity index (χ1n) is 11.0. The molecule has 0 aliphatic carbocycles. The summed E-state index contributed by atoms with van der Waals surface area (Å²) < 4.78 is 0. The Hall–Kier alpha value is -3.78. The van der Waals surface area contributed by atoms with Crippen LogP contribution in [0, 0.1) is 0 Å².